The Hall–Kier alpha value is -0.690. The van der Waals surface area contributed by atoms with Crippen LogP contribution >= 0.6 is 27.3 Å². The van der Waals surface area contributed by atoms with Crippen LogP contribution in [-0.2, 0) is 26.3 Å². The summed E-state index contributed by atoms with van der Waals surface area (Å²) in [6.07, 6.45) is 2.73. The lowest BCUT2D eigenvalue weighted by molar-refractivity contribution is 0.507. The van der Waals surface area contributed by atoms with Crippen molar-refractivity contribution >= 4 is 27.3 Å². The highest BCUT2D eigenvalue weighted by Crippen LogP contribution is 2.23. The van der Waals surface area contributed by atoms with Gasteiger partial charge >= 0.3 is 0 Å². The molecular weight excluding hydrogens is 324 g/mol. The van der Waals surface area contributed by atoms with Crippen LogP contribution in [0.3, 0.4) is 0 Å². The van der Waals surface area contributed by atoms with E-state index in [2.05, 4.69) is 50.9 Å². The van der Waals surface area contributed by atoms with Crippen LogP contribution in [0.4, 0.5) is 0 Å². The third-order valence-electron chi connectivity index (χ3n) is 3.21. The molecule has 4 nitrogen and oxygen atoms in total. The average molecular weight is 343 g/mol. The van der Waals surface area contributed by atoms with Crippen LogP contribution in [0.2, 0.25) is 0 Å². The van der Waals surface area contributed by atoms with Gasteiger partial charge in [-0.25, -0.2) is 0 Å². The number of hydrogen-bond acceptors (Lipinski definition) is 4. The maximum Gasteiger partial charge on any atom is 0.0766 e. The minimum Gasteiger partial charge on any atom is -0.271 e. The third kappa shape index (κ3) is 3.45. The maximum atomic E-state index is 5.69. The fraction of sp³-hybridized carbons (Fsp3) is 0.462. The van der Waals surface area contributed by atoms with Crippen molar-refractivity contribution in [3.05, 3.63) is 38.3 Å². The average Bonchev–Trinajstić information content (AvgIpc) is 3.00. The topological polar surface area (TPSA) is 55.9 Å². The van der Waals surface area contributed by atoms with Crippen LogP contribution in [0.5, 0.6) is 0 Å². The summed E-state index contributed by atoms with van der Waals surface area (Å²) in [5.41, 5.74) is 5.21. The van der Waals surface area contributed by atoms with E-state index in [1.165, 1.54) is 10.6 Å². The number of rotatable bonds is 6. The Bertz CT molecular complexity index is 521. The first-order valence-electron chi connectivity index (χ1n) is 6.34. The van der Waals surface area contributed by atoms with E-state index in [9.17, 15) is 0 Å². The first kappa shape index (κ1) is 14.7. The molecule has 2 heterocycles. The van der Waals surface area contributed by atoms with Crippen LogP contribution in [-0.4, -0.2) is 15.8 Å². The Morgan fingerprint density at radius 2 is 2.32 bits per heavy atom. The van der Waals surface area contributed by atoms with E-state index in [1.54, 1.807) is 11.3 Å². The van der Waals surface area contributed by atoms with Crippen molar-refractivity contribution in [2.75, 3.05) is 0 Å². The van der Waals surface area contributed by atoms with Gasteiger partial charge in [-0.05, 0) is 40.2 Å². The molecule has 2 aromatic rings. The maximum absolute atomic E-state index is 5.69. The van der Waals surface area contributed by atoms with Crippen molar-refractivity contribution in [1.29, 1.82) is 0 Å². The van der Waals surface area contributed by atoms with Gasteiger partial charge in [-0.3, -0.25) is 16.0 Å². The molecule has 0 amide bonds. The number of nitrogens with two attached hydrogens (primary N) is 1. The second kappa shape index (κ2) is 6.65. The van der Waals surface area contributed by atoms with Crippen molar-refractivity contribution in [2.24, 2.45) is 12.9 Å². The molecule has 0 saturated carbocycles. The Kier molecular flexibility index (Phi) is 5.15. The summed E-state index contributed by atoms with van der Waals surface area (Å²) >= 11 is 5.41. The monoisotopic (exact) mass is 342 g/mol. The zero-order chi connectivity index (χ0) is 13.8. The van der Waals surface area contributed by atoms with Crippen molar-refractivity contribution in [1.82, 2.24) is 15.2 Å². The Morgan fingerprint density at radius 1 is 1.53 bits per heavy atom. The predicted molar refractivity (Wildman–Crippen MR) is 83.1 cm³/mol. The summed E-state index contributed by atoms with van der Waals surface area (Å²) in [6.45, 7) is 2.11. The summed E-state index contributed by atoms with van der Waals surface area (Å²) in [6, 6.07) is 4.43. The molecule has 0 aliphatic heterocycles. The van der Waals surface area contributed by atoms with Crippen LogP contribution in [0.25, 0.3) is 0 Å². The number of nitrogens with one attached hydrogen (secondary N) is 1. The number of thiophene rings is 1. The lowest BCUT2D eigenvalue weighted by Gasteiger charge is -2.15. The summed E-state index contributed by atoms with van der Waals surface area (Å²) in [5.74, 6) is 5.69. The third-order valence-corrected chi connectivity index (χ3v) is 5.02. The zero-order valence-electron chi connectivity index (χ0n) is 11.2. The molecule has 0 aliphatic carbocycles. The van der Waals surface area contributed by atoms with Crippen LogP contribution in [0, 0.1) is 0 Å². The first-order chi connectivity index (χ1) is 9.15. The van der Waals surface area contributed by atoms with Crippen molar-refractivity contribution in [3.8, 4) is 0 Å². The van der Waals surface area contributed by atoms with Crippen LogP contribution < -0.4 is 11.3 Å². The fourth-order valence-corrected chi connectivity index (χ4v) is 3.70. The zero-order valence-corrected chi connectivity index (χ0v) is 13.6. The molecule has 1 unspecified atom stereocenters. The van der Waals surface area contributed by atoms with Gasteiger partial charge in [0.05, 0.1) is 15.9 Å². The van der Waals surface area contributed by atoms with E-state index in [1.807, 2.05) is 11.7 Å². The fourth-order valence-electron chi connectivity index (χ4n) is 2.14. The number of hydrazine groups is 1. The highest BCUT2D eigenvalue weighted by molar-refractivity contribution is 9.10. The molecule has 2 rings (SSSR count). The van der Waals surface area contributed by atoms with E-state index >= 15 is 0 Å². The van der Waals surface area contributed by atoms with E-state index in [0.717, 1.165) is 29.4 Å². The molecule has 19 heavy (non-hydrogen) atoms. The molecule has 1 atom stereocenters. The van der Waals surface area contributed by atoms with Gasteiger partial charge in [-0.15, -0.1) is 11.3 Å². The molecule has 6 heteroatoms. The standard InChI is InChI=1S/C13H19BrN4S/c1-3-11-13(14)12(18(2)17-11)8-9(16-15)7-10-5-4-6-19-10/h4-6,9,16H,3,7-8,15H2,1-2H3. The first-order valence-corrected chi connectivity index (χ1v) is 8.01. The molecule has 0 aromatic carbocycles. The molecular formula is C13H19BrN4S. The molecule has 0 fully saturated rings. The van der Waals surface area contributed by atoms with Gasteiger partial charge in [0, 0.05) is 24.4 Å². The van der Waals surface area contributed by atoms with Gasteiger partial charge in [0.1, 0.15) is 0 Å². The van der Waals surface area contributed by atoms with E-state index in [4.69, 9.17) is 5.84 Å². The van der Waals surface area contributed by atoms with Gasteiger partial charge in [0.15, 0.2) is 0 Å². The minimum absolute atomic E-state index is 0.218. The Balaban J connectivity index is 2.12. The van der Waals surface area contributed by atoms with Crippen LogP contribution in [0.1, 0.15) is 23.2 Å². The molecule has 0 bridgehead atoms. The van der Waals surface area contributed by atoms with E-state index < -0.39 is 0 Å². The molecule has 0 radical (unpaired) electrons. The minimum atomic E-state index is 0.218. The molecule has 0 saturated heterocycles. The van der Waals surface area contributed by atoms with Crippen molar-refractivity contribution < 1.29 is 0 Å². The molecule has 104 valence electrons. The Labute approximate surface area is 126 Å². The second-order valence-corrected chi connectivity index (χ2v) is 6.36. The van der Waals surface area contributed by atoms with Gasteiger partial charge in [0.2, 0.25) is 0 Å². The van der Waals surface area contributed by atoms with Gasteiger partial charge in [-0.1, -0.05) is 13.0 Å². The van der Waals surface area contributed by atoms with E-state index in [-0.39, 0.29) is 6.04 Å². The molecule has 0 aliphatic rings. The molecule has 2 aromatic heterocycles. The van der Waals surface area contributed by atoms with Crippen molar-refractivity contribution in [2.45, 2.75) is 32.2 Å². The normalized spacial score (nSPS) is 12.8. The smallest absolute Gasteiger partial charge is 0.0766 e. The number of halogens is 1. The largest absolute Gasteiger partial charge is 0.271 e. The number of aryl methyl sites for hydroxylation is 2. The van der Waals surface area contributed by atoms with Gasteiger partial charge in [-0.2, -0.15) is 5.10 Å². The van der Waals surface area contributed by atoms with E-state index in [0.29, 0.717) is 0 Å². The summed E-state index contributed by atoms with van der Waals surface area (Å²) in [5, 5.41) is 6.61. The summed E-state index contributed by atoms with van der Waals surface area (Å²) in [4.78, 5) is 1.34. The quantitative estimate of drug-likeness (QED) is 0.626. The predicted octanol–water partition coefficient (Wildman–Crippen LogP) is 2.42. The highest BCUT2D eigenvalue weighted by Gasteiger charge is 2.17. The lowest BCUT2D eigenvalue weighted by atomic mass is 10.1. The van der Waals surface area contributed by atoms with Gasteiger partial charge in [0.25, 0.3) is 0 Å². The number of nitrogens with zero attached hydrogens (tertiary/aromatic N) is 2. The second-order valence-electron chi connectivity index (χ2n) is 4.54. The summed E-state index contributed by atoms with van der Waals surface area (Å²) < 4.78 is 3.06. The van der Waals surface area contributed by atoms with Crippen molar-refractivity contribution in [3.63, 3.8) is 0 Å². The SMILES string of the molecule is CCc1nn(C)c(CC(Cc2cccs2)NN)c1Br. The Morgan fingerprint density at radius 3 is 2.84 bits per heavy atom. The van der Waals surface area contributed by atoms with Crippen LogP contribution in [0.15, 0.2) is 22.0 Å². The number of aromatic nitrogens is 2. The lowest BCUT2D eigenvalue weighted by Crippen LogP contribution is -2.38. The number of hydrogen-bond donors (Lipinski definition) is 2. The molecule has 0 spiro atoms. The highest BCUT2D eigenvalue weighted by atomic mass is 79.9. The summed E-state index contributed by atoms with van der Waals surface area (Å²) in [7, 11) is 1.98. The van der Waals surface area contributed by atoms with Gasteiger partial charge < -0.3 is 0 Å². The molecule has 3 N–H and O–H groups in total.